The van der Waals surface area contributed by atoms with Crippen LogP contribution in [0, 0.1) is 49.4 Å². The van der Waals surface area contributed by atoms with E-state index in [9.17, 15) is 15.3 Å². The molecule has 3 fully saturated rings. The standard InChI is InChI=1S/C66H97N25O6/c1-41(2)24-85(63-77-61(83-26-46(9)47(10)27-83)79-65(81-63)89-35-87(59-73-55(67)71-57(75-59)69-32-92)34-88(36-89)60-74-56(68)72-58(76-60)70-33-93)38-95-30-50-14-19-52(20-15-50)91(54-18-13-44(7)45(8)23-54)53-21-16-51(17-22-53)31-96-39-90(37-94)66-80-62(84-28-48(11)49(12)29-84)78-64(82-66)86(25-42(3)4)40-97-43(5)6/h13-23,41-43,46-49,92-94H,24-40H2,1-12H3,(H3,67,69,71,73,75)(H3,68,70,72,74,76). The fraction of sp³-hybridized carbons (Fsp3) is 0.545. The van der Waals surface area contributed by atoms with Crippen LogP contribution in [0.5, 0.6) is 0 Å². The van der Waals surface area contributed by atoms with Gasteiger partial charge in [0.15, 0.2) is 0 Å². The number of ether oxygens (including phenoxy) is 3. The molecule has 97 heavy (non-hydrogen) atoms. The van der Waals surface area contributed by atoms with E-state index in [1.165, 1.54) is 11.1 Å². The van der Waals surface area contributed by atoms with Crippen molar-refractivity contribution in [2.75, 3.05) is 166 Å². The van der Waals surface area contributed by atoms with E-state index in [0.29, 0.717) is 91.7 Å². The first-order valence-corrected chi connectivity index (χ1v) is 33.3. The summed E-state index contributed by atoms with van der Waals surface area (Å²) in [6, 6.07) is 23.2. The topological polar surface area (TPSA) is 348 Å². The van der Waals surface area contributed by atoms with E-state index in [2.05, 4.69) is 191 Å². The predicted octanol–water partition coefficient (Wildman–Crippen LogP) is 6.70. The van der Waals surface area contributed by atoms with Gasteiger partial charge in [0.2, 0.25) is 71.4 Å². The van der Waals surface area contributed by atoms with Crippen molar-refractivity contribution < 1.29 is 29.5 Å². The number of nitrogens with one attached hydrogen (secondary N) is 2. The molecule has 0 spiro atoms. The molecule has 0 radical (unpaired) electrons. The van der Waals surface area contributed by atoms with Gasteiger partial charge in [-0.25, -0.2) is 0 Å². The normalized spacial score (nSPS) is 17.3. The zero-order valence-electron chi connectivity index (χ0n) is 58.0. The van der Waals surface area contributed by atoms with Gasteiger partial charge in [-0.2, -0.15) is 59.8 Å². The maximum atomic E-state index is 10.8. The highest BCUT2D eigenvalue weighted by atomic mass is 16.5. The molecular weight excluding hydrogens is 1240 g/mol. The van der Waals surface area contributed by atoms with Gasteiger partial charge in [-0.05, 0) is 122 Å². The second kappa shape index (κ2) is 32.3. The maximum absolute atomic E-state index is 10.8. The Hall–Kier alpha value is -9.14. The largest absolute Gasteiger partial charge is 0.376 e. The highest BCUT2D eigenvalue weighted by Gasteiger charge is 2.35. The monoisotopic (exact) mass is 1340 g/mol. The minimum absolute atomic E-state index is 0.0181. The highest BCUT2D eigenvalue weighted by Crippen LogP contribution is 2.37. The molecule has 3 aromatic carbocycles. The molecular formula is C66H97N25O6. The molecule has 522 valence electrons. The summed E-state index contributed by atoms with van der Waals surface area (Å²) in [6.45, 7) is 30.5. The first-order chi connectivity index (χ1) is 46.6. The number of aliphatic hydroxyl groups is 3. The summed E-state index contributed by atoms with van der Waals surface area (Å²) in [7, 11) is 0. The summed E-state index contributed by atoms with van der Waals surface area (Å²) in [6.07, 6.45) is 0.0181. The number of hydrogen-bond donors (Lipinski definition) is 7. The molecule has 3 aliphatic heterocycles. The molecule has 0 bridgehead atoms. The SMILES string of the molecule is Cc1ccc(N(c2ccc(COCN(CO)c3nc(N(COC(C)C)CC(C)C)nc(N4CC(C)C(C)C4)n3)cc2)c2ccc(COCN(CC(C)C)c3nc(N4CC(C)C(C)C4)nc(N4CN(c5nc(N)nc(NCO)n5)CN(c5nc(N)nc(NCO)n5)C4)n3)cc2)cc1C. The van der Waals surface area contributed by atoms with Crippen molar-refractivity contribution >= 4 is 88.4 Å². The van der Waals surface area contributed by atoms with Crippen LogP contribution in [0.25, 0.3) is 0 Å². The molecule has 0 saturated carbocycles. The molecule has 7 aromatic rings. The molecule has 31 nitrogen and oxygen atoms in total. The van der Waals surface area contributed by atoms with Crippen LogP contribution in [0.4, 0.5) is 88.4 Å². The van der Waals surface area contributed by atoms with Crippen LogP contribution in [-0.2, 0) is 27.4 Å². The third-order valence-corrected chi connectivity index (χ3v) is 17.3. The van der Waals surface area contributed by atoms with Crippen LogP contribution in [0.2, 0.25) is 0 Å². The van der Waals surface area contributed by atoms with Gasteiger partial charge in [-0.3, -0.25) is 4.90 Å². The Balaban J connectivity index is 0.867. The Labute approximate surface area is 568 Å². The van der Waals surface area contributed by atoms with Crippen molar-refractivity contribution in [3.05, 3.63) is 89.0 Å². The first-order valence-electron chi connectivity index (χ1n) is 33.3. The van der Waals surface area contributed by atoms with Gasteiger partial charge in [-0.1, -0.05) is 85.7 Å². The smallest absolute Gasteiger partial charge is 0.235 e. The molecule has 4 aromatic heterocycles. The van der Waals surface area contributed by atoms with Crippen molar-refractivity contribution in [3.8, 4) is 0 Å². The molecule has 3 aliphatic rings. The van der Waals surface area contributed by atoms with Crippen LogP contribution in [0.1, 0.15) is 91.5 Å². The summed E-state index contributed by atoms with van der Waals surface area (Å²) in [5.74, 6) is 5.31. The van der Waals surface area contributed by atoms with Gasteiger partial charge in [0.1, 0.15) is 40.4 Å². The van der Waals surface area contributed by atoms with E-state index in [4.69, 9.17) is 55.6 Å². The highest BCUT2D eigenvalue weighted by molar-refractivity contribution is 5.77. The summed E-state index contributed by atoms with van der Waals surface area (Å²) in [5.41, 5.74) is 19.6. The Morgan fingerprint density at radius 2 is 0.856 bits per heavy atom. The molecule has 10 rings (SSSR count). The van der Waals surface area contributed by atoms with Gasteiger partial charge >= 0.3 is 0 Å². The molecule has 0 amide bonds. The Bertz CT molecular complexity index is 3610. The lowest BCUT2D eigenvalue weighted by molar-refractivity contribution is 0.0771. The van der Waals surface area contributed by atoms with Gasteiger partial charge in [-0.15, -0.1) is 0 Å². The number of aliphatic hydroxyl groups excluding tert-OH is 3. The molecule has 31 heteroatoms. The average Bonchev–Trinajstić information content (AvgIpc) is 1.65. The van der Waals surface area contributed by atoms with E-state index < -0.39 is 13.5 Å². The summed E-state index contributed by atoms with van der Waals surface area (Å²) >= 11 is 0. The lowest BCUT2D eigenvalue weighted by atomic mass is 10.0. The van der Waals surface area contributed by atoms with Gasteiger partial charge in [0, 0.05) is 56.3 Å². The first kappa shape index (κ1) is 70.7. The van der Waals surface area contributed by atoms with Crippen molar-refractivity contribution in [2.24, 2.45) is 35.5 Å². The van der Waals surface area contributed by atoms with Crippen LogP contribution in [-0.4, -0.2) is 181 Å². The predicted molar refractivity (Wildman–Crippen MR) is 378 cm³/mol. The van der Waals surface area contributed by atoms with Crippen molar-refractivity contribution in [1.29, 1.82) is 0 Å². The number of anilines is 15. The minimum Gasteiger partial charge on any atom is -0.376 e. The molecule has 0 aliphatic carbocycles. The third kappa shape index (κ3) is 18.3. The fourth-order valence-corrected chi connectivity index (χ4v) is 11.6. The Morgan fingerprint density at radius 3 is 1.28 bits per heavy atom. The summed E-state index contributed by atoms with van der Waals surface area (Å²) in [5, 5.41) is 35.7. The zero-order valence-corrected chi connectivity index (χ0v) is 58.0. The van der Waals surface area contributed by atoms with E-state index in [-0.39, 0.29) is 94.5 Å². The number of hydrogen-bond acceptors (Lipinski definition) is 31. The van der Waals surface area contributed by atoms with Gasteiger partial charge in [0.25, 0.3) is 0 Å². The van der Waals surface area contributed by atoms with Crippen LogP contribution in [0.15, 0.2) is 66.7 Å². The van der Waals surface area contributed by atoms with E-state index in [0.717, 1.165) is 54.4 Å². The Kier molecular flexibility index (Phi) is 23.5. The lowest BCUT2D eigenvalue weighted by Gasteiger charge is -2.42. The minimum atomic E-state index is -0.434. The second-order valence-corrected chi connectivity index (χ2v) is 26.7. The maximum Gasteiger partial charge on any atom is 0.235 e. The van der Waals surface area contributed by atoms with Crippen molar-refractivity contribution in [3.63, 3.8) is 0 Å². The number of aryl methyl sites for hydroxylation is 2. The van der Waals surface area contributed by atoms with Crippen molar-refractivity contribution in [2.45, 2.75) is 102 Å². The van der Waals surface area contributed by atoms with Crippen LogP contribution < -0.4 is 66.2 Å². The zero-order chi connectivity index (χ0) is 69.0. The van der Waals surface area contributed by atoms with Gasteiger partial charge < -0.3 is 90.8 Å². The lowest BCUT2D eigenvalue weighted by Crippen LogP contribution is -2.57. The average molecular weight is 1340 g/mol. The number of nitrogen functional groups attached to an aromatic ring is 2. The van der Waals surface area contributed by atoms with E-state index in [1.54, 1.807) is 4.90 Å². The Morgan fingerprint density at radius 1 is 0.464 bits per heavy atom. The molecule has 3 saturated heterocycles. The molecule has 7 heterocycles. The van der Waals surface area contributed by atoms with E-state index in [1.807, 2.05) is 38.3 Å². The number of benzene rings is 3. The fourth-order valence-electron chi connectivity index (χ4n) is 11.6. The van der Waals surface area contributed by atoms with Crippen LogP contribution in [0.3, 0.4) is 0 Å². The quantitative estimate of drug-likeness (QED) is 0.0222. The number of nitrogens with zero attached hydrogens (tertiary/aromatic N) is 21. The summed E-state index contributed by atoms with van der Waals surface area (Å²) < 4.78 is 19.0. The second-order valence-electron chi connectivity index (χ2n) is 26.7. The number of aromatic nitrogens is 12. The number of nitrogens with two attached hydrogens (primary N) is 2. The molecule has 9 N–H and O–H groups in total. The molecule has 4 unspecified atom stereocenters. The number of rotatable bonds is 31. The van der Waals surface area contributed by atoms with Crippen molar-refractivity contribution in [1.82, 2.24) is 59.8 Å². The summed E-state index contributed by atoms with van der Waals surface area (Å²) in [4.78, 5) is 74.6. The molecule has 4 atom stereocenters. The van der Waals surface area contributed by atoms with Crippen LogP contribution >= 0.6 is 0 Å². The third-order valence-electron chi connectivity index (χ3n) is 17.3. The van der Waals surface area contributed by atoms with Gasteiger partial charge in [0.05, 0.1) is 39.3 Å². The van der Waals surface area contributed by atoms with E-state index >= 15 is 0 Å².